The number of guanidine groups is 1. The Morgan fingerprint density at radius 2 is 1.96 bits per heavy atom. The second kappa shape index (κ2) is 9.83. The third-order valence-electron chi connectivity index (χ3n) is 3.28. The molecule has 0 atom stereocenters. The van der Waals surface area contributed by atoms with Gasteiger partial charge < -0.3 is 15.2 Å². The Balaban J connectivity index is 0.00000243. The molecule has 7 nitrogen and oxygen atoms in total. The zero-order valence-corrected chi connectivity index (χ0v) is 18.1. The fraction of sp³-hybridized carbons (Fsp3) is 0.250. The van der Waals surface area contributed by atoms with E-state index in [-0.39, 0.29) is 24.0 Å². The summed E-state index contributed by atoms with van der Waals surface area (Å²) in [4.78, 5) is 14.0. The van der Waals surface area contributed by atoms with Crippen molar-refractivity contribution < 1.29 is 4.52 Å². The molecule has 0 radical (unpaired) electrons. The summed E-state index contributed by atoms with van der Waals surface area (Å²) in [7, 11) is 1.70. The van der Waals surface area contributed by atoms with Crippen LogP contribution in [-0.4, -0.2) is 28.1 Å². The van der Waals surface area contributed by atoms with Crippen molar-refractivity contribution in [2.45, 2.75) is 20.0 Å². The summed E-state index contributed by atoms with van der Waals surface area (Å²) >= 11 is 7.53. The van der Waals surface area contributed by atoms with E-state index in [9.17, 15) is 0 Å². The highest BCUT2D eigenvalue weighted by atomic mass is 127. The Hall–Kier alpha value is -1.72. The smallest absolute Gasteiger partial charge is 0.246 e. The standard InChI is InChI=1S/C16H17ClN6OS.HI/c1-10-7-19-14(25-10)9-21-16(18-2)20-8-13-22-15(23-24-13)11-3-5-12(17)6-4-11;/h3-7H,8-9H2,1-2H3,(H2,18,20,21);1H. The van der Waals surface area contributed by atoms with Crippen molar-refractivity contribution in [3.63, 3.8) is 0 Å². The highest BCUT2D eigenvalue weighted by Crippen LogP contribution is 2.18. The molecule has 2 heterocycles. The minimum atomic E-state index is 0. The molecule has 0 saturated carbocycles. The normalized spacial score (nSPS) is 11.1. The summed E-state index contributed by atoms with van der Waals surface area (Å²) in [5.41, 5.74) is 0.848. The van der Waals surface area contributed by atoms with Gasteiger partial charge in [-0.3, -0.25) is 4.99 Å². The monoisotopic (exact) mass is 504 g/mol. The fourth-order valence-electron chi connectivity index (χ4n) is 2.07. The fourth-order valence-corrected chi connectivity index (χ4v) is 2.92. The minimum absolute atomic E-state index is 0. The highest BCUT2D eigenvalue weighted by molar-refractivity contribution is 14.0. The third kappa shape index (κ3) is 5.64. The number of aliphatic imine (C=N–C) groups is 1. The molecule has 1 aromatic carbocycles. The van der Waals surface area contributed by atoms with Gasteiger partial charge in [0.25, 0.3) is 0 Å². The van der Waals surface area contributed by atoms with E-state index in [0.717, 1.165) is 10.6 Å². The molecule has 3 rings (SSSR count). The van der Waals surface area contributed by atoms with Crippen LogP contribution in [0, 0.1) is 6.92 Å². The number of hydrogen-bond donors (Lipinski definition) is 2. The van der Waals surface area contributed by atoms with E-state index < -0.39 is 0 Å². The maximum atomic E-state index is 5.88. The largest absolute Gasteiger partial charge is 0.350 e. The van der Waals surface area contributed by atoms with Gasteiger partial charge in [0, 0.05) is 28.7 Å². The van der Waals surface area contributed by atoms with Gasteiger partial charge in [0.2, 0.25) is 11.7 Å². The molecule has 0 aliphatic carbocycles. The third-order valence-corrected chi connectivity index (χ3v) is 4.44. The van der Waals surface area contributed by atoms with Gasteiger partial charge in [0.15, 0.2) is 5.96 Å². The van der Waals surface area contributed by atoms with Crippen molar-refractivity contribution >= 4 is 52.9 Å². The first-order valence-electron chi connectivity index (χ1n) is 7.58. The molecule has 0 unspecified atom stereocenters. The number of benzene rings is 1. The summed E-state index contributed by atoms with van der Waals surface area (Å²) in [6.45, 7) is 3.01. The number of aryl methyl sites for hydroxylation is 1. The zero-order chi connectivity index (χ0) is 17.6. The van der Waals surface area contributed by atoms with Crippen LogP contribution in [0.4, 0.5) is 0 Å². The van der Waals surface area contributed by atoms with Gasteiger partial charge in [-0.15, -0.1) is 35.3 Å². The first kappa shape index (κ1) is 20.6. The first-order chi connectivity index (χ1) is 12.1. The zero-order valence-electron chi connectivity index (χ0n) is 14.2. The van der Waals surface area contributed by atoms with Gasteiger partial charge >= 0.3 is 0 Å². The van der Waals surface area contributed by atoms with Crippen molar-refractivity contribution in [3.05, 3.63) is 51.3 Å². The maximum absolute atomic E-state index is 5.88. The van der Waals surface area contributed by atoms with Gasteiger partial charge in [-0.1, -0.05) is 16.8 Å². The van der Waals surface area contributed by atoms with Crippen LogP contribution in [0.3, 0.4) is 0 Å². The lowest BCUT2D eigenvalue weighted by Gasteiger charge is -2.08. The van der Waals surface area contributed by atoms with Crippen LogP contribution in [-0.2, 0) is 13.1 Å². The molecular weight excluding hydrogens is 487 g/mol. The van der Waals surface area contributed by atoms with Crippen molar-refractivity contribution in [2.75, 3.05) is 7.05 Å². The van der Waals surface area contributed by atoms with Crippen LogP contribution in [0.1, 0.15) is 15.8 Å². The molecule has 0 spiro atoms. The van der Waals surface area contributed by atoms with Crippen molar-refractivity contribution in [2.24, 2.45) is 4.99 Å². The molecular formula is C16H18ClIN6OS. The van der Waals surface area contributed by atoms with Gasteiger partial charge in [-0.2, -0.15) is 4.98 Å². The topological polar surface area (TPSA) is 88.2 Å². The van der Waals surface area contributed by atoms with E-state index in [1.165, 1.54) is 4.88 Å². The molecule has 0 aliphatic rings. The first-order valence-corrected chi connectivity index (χ1v) is 8.78. The Bertz CT molecular complexity index is 864. The van der Waals surface area contributed by atoms with Gasteiger partial charge in [0.05, 0.1) is 13.1 Å². The number of halogens is 2. The lowest BCUT2D eigenvalue weighted by molar-refractivity contribution is 0.375. The number of nitrogens with zero attached hydrogens (tertiary/aromatic N) is 4. The lowest BCUT2D eigenvalue weighted by atomic mass is 10.2. The van der Waals surface area contributed by atoms with Crippen LogP contribution in [0.15, 0.2) is 40.0 Å². The van der Waals surface area contributed by atoms with E-state index in [4.69, 9.17) is 16.1 Å². The van der Waals surface area contributed by atoms with Crippen LogP contribution in [0.5, 0.6) is 0 Å². The van der Waals surface area contributed by atoms with Crippen molar-refractivity contribution in [3.8, 4) is 11.4 Å². The average Bonchev–Trinajstić information content (AvgIpc) is 3.25. The summed E-state index contributed by atoms with van der Waals surface area (Å²) in [6.07, 6.45) is 1.86. The summed E-state index contributed by atoms with van der Waals surface area (Å²) < 4.78 is 5.26. The number of thiazole rings is 1. The second-order valence-electron chi connectivity index (χ2n) is 5.16. The number of nitrogens with one attached hydrogen (secondary N) is 2. The Morgan fingerprint density at radius 1 is 1.23 bits per heavy atom. The number of hydrogen-bond acceptors (Lipinski definition) is 6. The summed E-state index contributed by atoms with van der Waals surface area (Å²) in [5.74, 6) is 1.63. The molecule has 26 heavy (non-hydrogen) atoms. The molecule has 0 aliphatic heterocycles. The Kier molecular flexibility index (Phi) is 7.79. The molecule has 0 amide bonds. The molecule has 0 bridgehead atoms. The van der Waals surface area contributed by atoms with E-state index in [1.54, 1.807) is 30.5 Å². The molecule has 0 saturated heterocycles. The number of aromatic nitrogens is 3. The van der Waals surface area contributed by atoms with Crippen LogP contribution in [0.2, 0.25) is 5.02 Å². The van der Waals surface area contributed by atoms with E-state index in [2.05, 4.69) is 30.8 Å². The minimum Gasteiger partial charge on any atom is -0.350 e. The number of rotatable bonds is 5. The second-order valence-corrected chi connectivity index (χ2v) is 6.92. The van der Waals surface area contributed by atoms with Gasteiger partial charge in [-0.25, -0.2) is 4.98 Å². The Labute approximate surface area is 177 Å². The summed E-state index contributed by atoms with van der Waals surface area (Å²) in [5, 5.41) is 12.0. The van der Waals surface area contributed by atoms with Gasteiger partial charge in [0.1, 0.15) is 5.01 Å². The lowest BCUT2D eigenvalue weighted by Crippen LogP contribution is -2.36. The summed E-state index contributed by atoms with van der Waals surface area (Å²) in [6, 6.07) is 7.27. The van der Waals surface area contributed by atoms with Crippen LogP contribution < -0.4 is 10.6 Å². The van der Waals surface area contributed by atoms with Crippen molar-refractivity contribution in [1.29, 1.82) is 0 Å². The van der Waals surface area contributed by atoms with Crippen LogP contribution >= 0.6 is 46.9 Å². The SMILES string of the molecule is CN=C(NCc1nc(-c2ccc(Cl)cc2)no1)NCc1ncc(C)s1.I. The highest BCUT2D eigenvalue weighted by Gasteiger charge is 2.09. The maximum Gasteiger partial charge on any atom is 0.246 e. The Morgan fingerprint density at radius 3 is 2.62 bits per heavy atom. The molecule has 0 fully saturated rings. The molecule has 138 valence electrons. The van der Waals surface area contributed by atoms with E-state index in [1.807, 2.05) is 25.3 Å². The molecule has 3 aromatic rings. The average molecular weight is 505 g/mol. The predicted octanol–water partition coefficient (Wildman–Crippen LogP) is 3.64. The predicted molar refractivity (Wildman–Crippen MR) is 114 cm³/mol. The van der Waals surface area contributed by atoms with Gasteiger partial charge in [-0.05, 0) is 31.2 Å². The quantitative estimate of drug-likeness (QED) is 0.313. The molecule has 2 aromatic heterocycles. The molecule has 10 heteroatoms. The van der Waals surface area contributed by atoms with E-state index in [0.29, 0.717) is 35.8 Å². The van der Waals surface area contributed by atoms with E-state index >= 15 is 0 Å². The van der Waals surface area contributed by atoms with Crippen LogP contribution in [0.25, 0.3) is 11.4 Å². The molecule has 2 N–H and O–H groups in total. The van der Waals surface area contributed by atoms with Crippen molar-refractivity contribution in [1.82, 2.24) is 25.8 Å².